The van der Waals surface area contributed by atoms with Crippen molar-refractivity contribution >= 4 is 11.9 Å². The van der Waals surface area contributed by atoms with E-state index in [-0.39, 0.29) is 11.1 Å². The molecule has 0 unspecified atom stereocenters. The van der Waals surface area contributed by atoms with Gasteiger partial charge in [0.2, 0.25) is 0 Å². The minimum Gasteiger partial charge on any atom is -0.392 e. The zero-order valence-electron chi connectivity index (χ0n) is 17.1. The Hall–Kier alpha value is -3.10. The van der Waals surface area contributed by atoms with E-state index < -0.39 is 69.9 Å². The zero-order valence-corrected chi connectivity index (χ0v) is 17.1. The van der Waals surface area contributed by atoms with Gasteiger partial charge in [-0.25, -0.2) is 0 Å². The number of hydrogen-bond donors (Lipinski definition) is 0. The van der Waals surface area contributed by atoms with E-state index in [0.29, 0.717) is 29.7 Å². The number of fused-ring (bicyclic) bond motifs is 2. The summed E-state index contributed by atoms with van der Waals surface area (Å²) in [5.74, 6) is -4.54. The number of ether oxygens (including phenoxy) is 1. The SMILES string of the molecule is O=C1OC(=O)[C@]23[C@H]4c5ccccc5[C@H](c5cc(C(F)(F)F)c(C(F)(F)F)cc54)[C@@]12[C@@H]1C=C[C@H]3C1. The molecule has 6 atom stereocenters. The summed E-state index contributed by atoms with van der Waals surface area (Å²) < 4.78 is 88.3. The van der Waals surface area contributed by atoms with Gasteiger partial charge in [0.1, 0.15) is 10.8 Å². The number of halogens is 6. The van der Waals surface area contributed by atoms with Crippen LogP contribution in [0, 0.1) is 22.7 Å². The van der Waals surface area contributed by atoms with Crippen LogP contribution in [0.1, 0.15) is 51.6 Å². The van der Waals surface area contributed by atoms with Gasteiger partial charge in [-0.15, -0.1) is 0 Å². The molecule has 2 fully saturated rings. The predicted octanol–water partition coefficient (Wildman–Crippen LogP) is 5.58. The minimum atomic E-state index is -5.26. The highest BCUT2D eigenvalue weighted by atomic mass is 19.4. The molecule has 0 amide bonds. The molecule has 0 N–H and O–H groups in total. The lowest BCUT2D eigenvalue weighted by molar-refractivity contribution is -0.162. The molecule has 3 nitrogen and oxygen atoms in total. The average molecular weight is 476 g/mol. The van der Waals surface area contributed by atoms with Crippen molar-refractivity contribution in [2.24, 2.45) is 22.7 Å². The van der Waals surface area contributed by atoms with Gasteiger partial charge in [0, 0.05) is 11.8 Å². The third kappa shape index (κ3) is 1.86. The van der Waals surface area contributed by atoms with E-state index in [1.807, 2.05) is 0 Å². The number of hydrogen-bond acceptors (Lipinski definition) is 3. The Bertz CT molecular complexity index is 1270. The molecule has 1 saturated heterocycles. The smallest absolute Gasteiger partial charge is 0.392 e. The van der Waals surface area contributed by atoms with Gasteiger partial charge in [0.25, 0.3) is 0 Å². The number of cyclic esters (lactones) is 2. The van der Waals surface area contributed by atoms with Crippen molar-refractivity contribution in [3.63, 3.8) is 0 Å². The van der Waals surface area contributed by atoms with Crippen molar-refractivity contribution in [1.82, 2.24) is 0 Å². The van der Waals surface area contributed by atoms with E-state index in [1.165, 1.54) is 0 Å². The zero-order chi connectivity index (χ0) is 24.0. The van der Waals surface area contributed by atoms with E-state index in [2.05, 4.69) is 0 Å². The first-order valence-electron chi connectivity index (χ1n) is 10.8. The highest BCUT2D eigenvalue weighted by molar-refractivity contribution is 6.07. The summed E-state index contributed by atoms with van der Waals surface area (Å²) >= 11 is 0. The van der Waals surface area contributed by atoms with Crippen LogP contribution in [-0.4, -0.2) is 11.9 Å². The maximum Gasteiger partial charge on any atom is 0.417 e. The van der Waals surface area contributed by atoms with Crippen LogP contribution < -0.4 is 0 Å². The standard InChI is InChI=1S/C25H14F6O3/c26-24(27,28)16-8-14-15(9-17(16)25(29,30)31)19-13-4-2-1-3-12(13)18(14)22-10-5-6-11(7-10)23(19,22)21(33)34-20(22)32/h1-6,8-11,18-19H,7H2/t10-,11+,18-,19+,22-,23-/m0/s1. The quantitative estimate of drug-likeness (QED) is 0.216. The highest BCUT2D eigenvalue weighted by Gasteiger charge is 2.86. The van der Waals surface area contributed by atoms with Gasteiger partial charge in [0.15, 0.2) is 0 Å². The van der Waals surface area contributed by atoms with E-state index in [4.69, 9.17) is 4.74 Å². The monoisotopic (exact) mass is 476 g/mol. The van der Waals surface area contributed by atoms with Gasteiger partial charge in [-0.05, 0) is 52.6 Å². The fraction of sp³-hybridized carbons (Fsp3) is 0.360. The number of esters is 2. The van der Waals surface area contributed by atoms with Crippen LogP contribution in [-0.2, 0) is 26.7 Å². The Morgan fingerprint density at radius 2 is 1.12 bits per heavy atom. The first-order valence-corrected chi connectivity index (χ1v) is 10.8. The molecule has 1 saturated carbocycles. The minimum absolute atomic E-state index is 0.0206. The molecular formula is C25H14F6O3. The first kappa shape index (κ1) is 20.3. The molecule has 6 aliphatic rings. The van der Waals surface area contributed by atoms with E-state index >= 15 is 0 Å². The fourth-order valence-electron chi connectivity index (χ4n) is 7.98. The maximum atomic E-state index is 13.9. The fourth-order valence-corrected chi connectivity index (χ4v) is 7.98. The van der Waals surface area contributed by atoms with Crippen LogP contribution in [0.25, 0.3) is 0 Å². The van der Waals surface area contributed by atoms with Crippen molar-refractivity contribution in [3.05, 3.63) is 81.9 Å². The molecule has 0 aromatic heterocycles. The van der Waals surface area contributed by atoms with Crippen LogP contribution >= 0.6 is 0 Å². The van der Waals surface area contributed by atoms with Crippen LogP contribution in [0.15, 0.2) is 48.6 Å². The van der Waals surface area contributed by atoms with E-state index in [9.17, 15) is 35.9 Å². The Balaban J connectivity index is 1.65. The lowest BCUT2D eigenvalue weighted by Crippen LogP contribution is -2.60. The molecule has 1 heterocycles. The van der Waals surface area contributed by atoms with Gasteiger partial charge in [-0.2, -0.15) is 26.3 Å². The Kier molecular flexibility index (Phi) is 3.33. The summed E-state index contributed by atoms with van der Waals surface area (Å²) in [6.45, 7) is 0. The highest BCUT2D eigenvalue weighted by Crippen LogP contribution is 2.82. The molecule has 1 aliphatic heterocycles. The second-order valence-electron chi connectivity index (χ2n) is 9.77. The van der Waals surface area contributed by atoms with Crippen LogP contribution in [0.3, 0.4) is 0 Å². The molecule has 4 bridgehead atoms. The molecule has 2 aromatic rings. The molecule has 5 aliphatic carbocycles. The van der Waals surface area contributed by atoms with Crippen LogP contribution in [0.4, 0.5) is 26.3 Å². The summed E-state index contributed by atoms with van der Waals surface area (Å²) in [5.41, 5.74) is -5.35. The number of carbonyl (C=O) groups is 2. The van der Waals surface area contributed by atoms with E-state index in [1.54, 1.807) is 36.4 Å². The summed E-state index contributed by atoms with van der Waals surface area (Å²) in [5, 5.41) is 0. The summed E-state index contributed by atoms with van der Waals surface area (Å²) in [4.78, 5) is 26.9. The normalized spacial score (nSPS) is 36.3. The summed E-state index contributed by atoms with van der Waals surface area (Å²) in [6, 6.07) is 7.83. The third-order valence-electron chi connectivity index (χ3n) is 8.78. The first-order chi connectivity index (χ1) is 15.9. The number of alkyl halides is 6. The maximum absolute atomic E-state index is 13.9. The largest absolute Gasteiger partial charge is 0.417 e. The number of carbonyl (C=O) groups excluding carboxylic acids is 2. The Morgan fingerprint density at radius 1 is 0.706 bits per heavy atom. The summed E-state index contributed by atoms with van der Waals surface area (Å²) in [7, 11) is 0. The van der Waals surface area contributed by atoms with Gasteiger partial charge >= 0.3 is 24.3 Å². The lowest BCUT2D eigenvalue weighted by atomic mass is 9.38. The molecule has 2 aromatic carbocycles. The third-order valence-corrected chi connectivity index (χ3v) is 8.78. The van der Waals surface area contributed by atoms with Crippen molar-refractivity contribution in [3.8, 4) is 0 Å². The molecule has 34 heavy (non-hydrogen) atoms. The molecule has 0 radical (unpaired) electrons. The molecule has 8 rings (SSSR count). The van der Waals surface area contributed by atoms with Crippen molar-refractivity contribution in [2.45, 2.75) is 30.6 Å². The molecular weight excluding hydrogens is 462 g/mol. The Labute approximate surface area is 188 Å². The number of allylic oxidation sites excluding steroid dienone is 2. The van der Waals surface area contributed by atoms with E-state index in [0.717, 1.165) is 0 Å². The number of benzene rings is 2. The molecule has 9 heteroatoms. The van der Waals surface area contributed by atoms with Crippen molar-refractivity contribution < 1.29 is 40.7 Å². The average Bonchev–Trinajstić information content (AvgIpc) is 3.43. The Morgan fingerprint density at radius 3 is 1.50 bits per heavy atom. The lowest BCUT2D eigenvalue weighted by Gasteiger charge is -2.59. The van der Waals surface area contributed by atoms with Gasteiger partial charge < -0.3 is 4.74 Å². The molecule has 174 valence electrons. The van der Waals surface area contributed by atoms with Crippen LogP contribution in [0.5, 0.6) is 0 Å². The summed E-state index contributed by atoms with van der Waals surface area (Å²) in [6.07, 6.45) is -6.48. The predicted molar refractivity (Wildman–Crippen MR) is 103 cm³/mol. The van der Waals surface area contributed by atoms with Crippen molar-refractivity contribution in [1.29, 1.82) is 0 Å². The van der Waals surface area contributed by atoms with Gasteiger partial charge in [0.05, 0.1) is 11.1 Å². The van der Waals surface area contributed by atoms with Crippen molar-refractivity contribution in [2.75, 3.05) is 0 Å². The van der Waals surface area contributed by atoms with Gasteiger partial charge in [-0.1, -0.05) is 36.4 Å². The van der Waals surface area contributed by atoms with Gasteiger partial charge in [-0.3, -0.25) is 9.59 Å². The second kappa shape index (κ2) is 5.58. The topological polar surface area (TPSA) is 43.4 Å². The van der Waals surface area contributed by atoms with Crippen LogP contribution in [0.2, 0.25) is 0 Å². The second-order valence-corrected chi connectivity index (χ2v) is 9.77. The number of rotatable bonds is 0. The molecule has 0 spiro atoms.